The van der Waals surface area contributed by atoms with Gasteiger partial charge < -0.3 is 10.2 Å². The minimum absolute atomic E-state index is 0.258. The molecule has 0 radical (unpaired) electrons. The van der Waals surface area contributed by atoms with E-state index in [0.29, 0.717) is 11.7 Å². The van der Waals surface area contributed by atoms with Crippen LogP contribution in [0.5, 0.6) is 0 Å². The summed E-state index contributed by atoms with van der Waals surface area (Å²) in [5.41, 5.74) is 1.23. The monoisotopic (exact) mass is 276 g/mol. The van der Waals surface area contributed by atoms with E-state index in [-0.39, 0.29) is 11.9 Å². The van der Waals surface area contributed by atoms with Crippen LogP contribution >= 0.6 is 0 Å². The number of benzene rings is 1. The van der Waals surface area contributed by atoms with Crippen molar-refractivity contribution in [3.63, 3.8) is 0 Å². The van der Waals surface area contributed by atoms with Crippen molar-refractivity contribution in [1.29, 1.82) is 0 Å². The van der Waals surface area contributed by atoms with Crippen molar-refractivity contribution in [2.24, 2.45) is 0 Å². The summed E-state index contributed by atoms with van der Waals surface area (Å²) in [5.74, 6) is -0.260. The first-order valence-corrected chi connectivity index (χ1v) is 6.63. The zero-order valence-electron chi connectivity index (χ0n) is 11.5. The molecule has 2 unspecified atom stereocenters. The van der Waals surface area contributed by atoms with Gasteiger partial charge in [0, 0.05) is 18.6 Å². The number of nitrogens with zero attached hydrogens (tertiary/aromatic N) is 5. The zero-order chi connectivity index (χ0) is 14.1. The number of nitrogens with one attached hydrogen (secondary N) is 1. The van der Waals surface area contributed by atoms with Crippen LogP contribution in [0.1, 0.15) is 13.3 Å². The summed E-state index contributed by atoms with van der Waals surface area (Å²) >= 11 is 0. The summed E-state index contributed by atoms with van der Waals surface area (Å²) in [6, 6.07) is 5.59. The Hall–Kier alpha value is -2.02. The van der Waals surface area contributed by atoms with Crippen LogP contribution < -0.4 is 5.32 Å². The fourth-order valence-electron chi connectivity index (χ4n) is 2.56. The van der Waals surface area contributed by atoms with Crippen molar-refractivity contribution >= 4 is 5.69 Å². The number of rotatable bonds is 3. The van der Waals surface area contributed by atoms with Crippen LogP contribution in [0.15, 0.2) is 24.5 Å². The second-order valence-electron chi connectivity index (χ2n) is 5.28. The maximum Gasteiger partial charge on any atom is 0.146 e. The highest BCUT2D eigenvalue weighted by molar-refractivity contribution is 5.52. The lowest BCUT2D eigenvalue weighted by Gasteiger charge is -2.15. The van der Waals surface area contributed by atoms with Crippen molar-refractivity contribution in [3.05, 3.63) is 30.3 Å². The molecule has 2 aromatic rings. The topological polar surface area (TPSA) is 58.9 Å². The van der Waals surface area contributed by atoms with E-state index in [1.807, 2.05) is 0 Å². The van der Waals surface area contributed by atoms with Gasteiger partial charge in [0.2, 0.25) is 0 Å². The van der Waals surface area contributed by atoms with Crippen LogP contribution in [0.25, 0.3) is 5.69 Å². The van der Waals surface area contributed by atoms with Crippen LogP contribution in [-0.2, 0) is 0 Å². The molecule has 106 valence electrons. The molecule has 1 N–H and O–H groups in total. The van der Waals surface area contributed by atoms with Gasteiger partial charge in [-0.15, -0.1) is 5.10 Å². The van der Waals surface area contributed by atoms with E-state index in [9.17, 15) is 4.39 Å². The molecule has 0 amide bonds. The maximum atomic E-state index is 13.9. The van der Waals surface area contributed by atoms with Crippen molar-refractivity contribution in [2.75, 3.05) is 18.9 Å². The molecule has 1 fully saturated rings. The highest BCUT2D eigenvalue weighted by Crippen LogP contribution is 2.23. The SMILES string of the molecule is CC1CC(Nc2cc(-n3cnnn3)ccc2F)CN1C. The molecule has 0 saturated carbocycles. The molecule has 0 aliphatic carbocycles. The Morgan fingerprint density at radius 1 is 1.40 bits per heavy atom. The lowest BCUT2D eigenvalue weighted by atomic mass is 10.1. The largest absolute Gasteiger partial charge is 0.379 e. The predicted octanol–water partition coefficient (Wildman–Crippen LogP) is 1.31. The third-order valence-electron chi connectivity index (χ3n) is 3.81. The summed E-state index contributed by atoms with van der Waals surface area (Å²) in [7, 11) is 2.08. The summed E-state index contributed by atoms with van der Waals surface area (Å²) in [6.07, 6.45) is 2.49. The number of aromatic nitrogens is 4. The minimum Gasteiger partial charge on any atom is -0.379 e. The molecule has 2 heterocycles. The Balaban J connectivity index is 1.81. The predicted molar refractivity (Wildman–Crippen MR) is 73.2 cm³/mol. The lowest BCUT2D eigenvalue weighted by molar-refractivity contribution is 0.330. The van der Waals surface area contributed by atoms with E-state index in [0.717, 1.165) is 18.7 Å². The van der Waals surface area contributed by atoms with E-state index in [4.69, 9.17) is 0 Å². The van der Waals surface area contributed by atoms with E-state index in [2.05, 4.69) is 39.7 Å². The van der Waals surface area contributed by atoms with E-state index >= 15 is 0 Å². The fourth-order valence-corrected chi connectivity index (χ4v) is 2.56. The van der Waals surface area contributed by atoms with Gasteiger partial charge in [-0.05, 0) is 49.0 Å². The van der Waals surface area contributed by atoms with Gasteiger partial charge in [-0.25, -0.2) is 9.07 Å². The molecule has 7 heteroatoms. The molecule has 20 heavy (non-hydrogen) atoms. The number of hydrogen-bond donors (Lipinski definition) is 1. The number of hydrogen-bond acceptors (Lipinski definition) is 5. The Morgan fingerprint density at radius 3 is 2.90 bits per heavy atom. The Kier molecular flexibility index (Phi) is 3.35. The van der Waals surface area contributed by atoms with Gasteiger partial charge in [0.05, 0.1) is 11.4 Å². The first-order valence-electron chi connectivity index (χ1n) is 6.63. The molecule has 1 aliphatic rings. The van der Waals surface area contributed by atoms with Gasteiger partial charge in [-0.3, -0.25) is 0 Å². The molecule has 1 aromatic heterocycles. The fraction of sp³-hybridized carbons (Fsp3) is 0.462. The van der Waals surface area contributed by atoms with Gasteiger partial charge in [-0.1, -0.05) is 0 Å². The van der Waals surface area contributed by atoms with Crippen molar-refractivity contribution in [1.82, 2.24) is 25.1 Å². The molecular formula is C13H17FN6. The molecular weight excluding hydrogens is 259 g/mol. The summed E-state index contributed by atoms with van der Waals surface area (Å²) in [6.45, 7) is 3.09. The third kappa shape index (κ3) is 2.49. The number of anilines is 1. The Labute approximate surface area is 116 Å². The first kappa shape index (κ1) is 13.0. The number of likely N-dealkylation sites (N-methyl/N-ethyl adjacent to an activating group) is 1. The summed E-state index contributed by atoms with van der Waals surface area (Å²) < 4.78 is 15.4. The second-order valence-corrected chi connectivity index (χ2v) is 5.28. The molecule has 2 atom stereocenters. The number of likely N-dealkylation sites (tertiary alicyclic amines) is 1. The van der Waals surface area contributed by atoms with Crippen LogP contribution in [0.2, 0.25) is 0 Å². The molecule has 1 saturated heterocycles. The van der Waals surface area contributed by atoms with Crippen molar-refractivity contribution in [2.45, 2.75) is 25.4 Å². The number of halogens is 1. The quantitative estimate of drug-likeness (QED) is 0.916. The Morgan fingerprint density at radius 2 is 2.25 bits per heavy atom. The van der Waals surface area contributed by atoms with E-state index < -0.39 is 0 Å². The third-order valence-corrected chi connectivity index (χ3v) is 3.81. The average Bonchev–Trinajstić information content (AvgIpc) is 3.04. The summed E-state index contributed by atoms with van der Waals surface area (Å²) in [5, 5.41) is 14.3. The van der Waals surface area contributed by atoms with E-state index in [1.54, 1.807) is 12.1 Å². The van der Waals surface area contributed by atoms with Crippen molar-refractivity contribution < 1.29 is 4.39 Å². The van der Waals surface area contributed by atoms with Crippen LogP contribution in [0.4, 0.5) is 10.1 Å². The molecule has 6 nitrogen and oxygen atoms in total. The zero-order valence-corrected chi connectivity index (χ0v) is 11.5. The highest BCUT2D eigenvalue weighted by atomic mass is 19.1. The van der Waals surface area contributed by atoms with Crippen LogP contribution in [0.3, 0.4) is 0 Å². The summed E-state index contributed by atoms with van der Waals surface area (Å²) in [4.78, 5) is 2.26. The average molecular weight is 276 g/mol. The van der Waals surface area contributed by atoms with Gasteiger partial charge in [0.1, 0.15) is 12.1 Å². The van der Waals surface area contributed by atoms with Gasteiger partial charge in [0.15, 0.2) is 0 Å². The van der Waals surface area contributed by atoms with Gasteiger partial charge >= 0.3 is 0 Å². The molecule has 0 spiro atoms. The van der Waals surface area contributed by atoms with Gasteiger partial charge in [0.25, 0.3) is 0 Å². The van der Waals surface area contributed by atoms with E-state index in [1.165, 1.54) is 17.1 Å². The number of tetrazole rings is 1. The first-order chi connectivity index (χ1) is 9.63. The normalized spacial score (nSPS) is 23.1. The maximum absolute atomic E-state index is 13.9. The van der Waals surface area contributed by atoms with Crippen LogP contribution in [0, 0.1) is 5.82 Å². The smallest absolute Gasteiger partial charge is 0.146 e. The lowest BCUT2D eigenvalue weighted by Crippen LogP contribution is -2.25. The van der Waals surface area contributed by atoms with Crippen LogP contribution in [-0.4, -0.2) is 50.8 Å². The van der Waals surface area contributed by atoms with Gasteiger partial charge in [-0.2, -0.15) is 0 Å². The molecule has 1 aromatic carbocycles. The standard InChI is InChI=1S/C13H17FN6/c1-9-5-10(7-19(9)2)16-13-6-11(3-4-12(13)14)20-8-15-17-18-20/h3-4,6,8-10,16H,5,7H2,1-2H3. The Bertz CT molecular complexity index is 575. The molecule has 0 bridgehead atoms. The highest BCUT2D eigenvalue weighted by Gasteiger charge is 2.26. The molecule has 3 rings (SSSR count). The minimum atomic E-state index is -0.260. The molecule has 1 aliphatic heterocycles. The second kappa shape index (κ2) is 5.16. The van der Waals surface area contributed by atoms with Crippen molar-refractivity contribution in [3.8, 4) is 5.69 Å².